The number of hydrogen-bond acceptors (Lipinski definition) is 4. The summed E-state index contributed by atoms with van der Waals surface area (Å²) in [4.78, 5) is 15.6. The summed E-state index contributed by atoms with van der Waals surface area (Å²) in [5.74, 6) is 0.695. The van der Waals surface area contributed by atoms with Crippen molar-refractivity contribution in [1.82, 2.24) is 10.2 Å². The fourth-order valence-corrected chi connectivity index (χ4v) is 4.49. The monoisotopic (exact) mass is 415 g/mol. The first-order valence-electron chi connectivity index (χ1n) is 11.0. The molecule has 1 aliphatic heterocycles. The molecule has 160 valence electrons. The van der Waals surface area contributed by atoms with E-state index >= 15 is 0 Å². The molecule has 1 saturated heterocycles. The maximum atomic E-state index is 13.3. The van der Waals surface area contributed by atoms with Crippen molar-refractivity contribution >= 4 is 22.4 Å². The van der Waals surface area contributed by atoms with Crippen molar-refractivity contribution in [3.63, 3.8) is 0 Å². The molecule has 1 heterocycles. The van der Waals surface area contributed by atoms with Crippen LogP contribution in [-0.4, -0.2) is 37.0 Å². The number of anilines is 1. The molecule has 1 unspecified atom stereocenters. The summed E-state index contributed by atoms with van der Waals surface area (Å²) in [5, 5.41) is 5.58. The lowest BCUT2D eigenvalue weighted by molar-refractivity contribution is 0.0767. The number of carbonyl (C=O) groups excluding carboxylic acids is 1. The van der Waals surface area contributed by atoms with Gasteiger partial charge in [0.1, 0.15) is 12.4 Å². The van der Waals surface area contributed by atoms with Gasteiger partial charge in [-0.05, 0) is 85.9 Å². The van der Waals surface area contributed by atoms with Crippen LogP contribution >= 0.6 is 0 Å². The minimum Gasteiger partial charge on any atom is -0.492 e. The van der Waals surface area contributed by atoms with Crippen molar-refractivity contribution in [2.75, 3.05) is 25.9 Å². The van der Waals surface area contributed by atoms with Crippen LogP contribution in [0.1, 0.15) is 40.7 Å². The molecule has 5 heteroatoms. The van der Waals surface area contributed by atoms with Gasteiger partial charge in [-0.2, -0.15) is 0 Å². The summed E-state index contributed by atoms with van der Waals surface area (Å²) < 4.78 is 5.99. The number of nitrogens with two attached hydrogens (primary N) is 1. The van der Waals surface area contributed by atoms with Gasteiger partial charge >= 0.3 is 0 Å². The van der Waals surface area contributed by atoms with Crippen molar-refractivity contribution in [1.29, 1.82) is 0 Å². The maximum Gasteiger partial charge on any atom is 0.252 e. The minimum atomic E-state index is -0.331. The van der Waals surface area contributed by atoms with Crippen molar-refractivity contribution in [3.05, 3.63) is 71.3 Å². The van der Waals surface area contributed by atoms with Crippen LogP contribution in [0.25, 0.3) is 10.8 Å². The largest absolute Gasteiger partial charge is 0.492 e. The smallest absolute Gasteiger partial charge is 0.252 e. The van der Waals surface area contributed by atoms with Crippen LogP contribution in [0.15, 0.2) is 54.6 Å². The fraction of sp³-hybridized carbons (Fsp3) is 0.346. The summed E-state index contributed by atoms with van der Waals surface area (Å²) in [6.07, 6.45) is 3.01. The van der Waals surface area contributed by atoms with Gasteiger partial charge in [-0.15, -0.1) is 0 Å². The number of nitrogens with zero attached hydrogens (tertiary/aromatic N) is 1. The van der Waals surface area contributed by atoms with Crippen molar-refractivity contribution in [3.8, 4) is 5.75 Å². The zero-order valence-corrected chi connectivity index (χ0v) is 18.2. The highest BCUT2D eigenvalue weighted by atomic mass is 16.5. The van der Waals surface area contributed by atoms with Crippen LogP contribution in [0, 0.1) is 6.92 Å². The molecule has 0 radical (unpaired) electrons. The number of ether oxygens (including phenoxy) is 1. The number of benzene rings is 3. The van der Waals surface area contributed by atoms with Crippen LogP contribution in [0.2, 0.25) is 0 Å². The van der Waals surface area contributed by atoms with E-state index in [-0.39, 0.29) is 11.4 Å². The number of likely N-dealkylation sites (tertiary alicyclic amines) is 1. The number of nitrogen functional groups attached to an aromatic ring is 1. The second-order valence-electron chi connectivity index (χ2n) is 9.03. The van der Waals surface area contributed by atoms with E-state index in [1.807, 2.05) is 43.3 Å². The van der Waals surface area contributed by atoms with Gasteiger partial charge in [0.2, 0.25) is 0 Å². The SMILES string of the molecule is Cc1ccc(OCC2CCN2C)cc1C(=O)NC1(c2cccc3ccc(N)cc23)CC1. The van der Waals surface area contributed by atoms with E-state index in [0.29, 0.717) is 18.2 Å². The van der Waals surface area contributed by atoms with Gasteiger partial charge in [0.25, 0.3) is 5.91 Å². The number of hydrogen-bond donors (Lipinski definition) is 2. The Labute approximate surface area is 183 Å². The second-order valence-corrected chi connectivity index (χ2v) is 9.03. The van der Waals surface area contributed by atoms with Gasteiger partial charge in [-0.3, -0.25) is 9.69 Å². The van der Waals surface area contributed by atoms with Gasteiger partial charge < -0.3 is 15.8 Å². The number of likely N-dealkylation sites (N-methyl/N-ethyl adjacent to an activating group) is 1. The lowest BCUT2D eigenvalue weighted by Gasteiger charge is -2.37. The van der Waals surface area contributed by atoms with Gasteiger partial charge in [0.05, 0.1) is 5.54 Å². The Hall–Kier alpha value is -3.05. The molecule has 3 aromatic carbocycles. The Morgan fingerprint density at radius 3 is 2.74 bits per heavy atom. The molecule has 2 fully saturated rings. The lowest BCUT2D eigenvalue weighted by atomic mass is 9.96. The Balaban J connectivity index is 1.38. The van der Waals surface area contributed by atoms with E-state index in [2.05, 4.69) is 35.5 Å². The summed E-state index contributed by atoms with van der Waals surface area (Å²) in [6, 6.07) is 18.5. The Bertz CT molecular complexity index is 1150. The fourth-order valence-electron chi connectivity index (χ4n) is 4.49. The van der Waals surface area contributed by atoms with Gasteiger partial charge in [0.15, 0.2) is 0 Å². The van der Waals surface area contributed by atoms with Crippen molar-refractivity contribution in [2.24, 2.45) is 0 Å². The van der Waals surface area contributed by atoms with Crippen LogP contribution in [0.3, 0.4) is 0 Å². The highest BCUT2D eigenvalue weighted by Crippen LogP contribution is 2.48. The number of nitrogens with one attached hydrogen (secondary N) is 1. The molecule has 3 aromatic rings. The van der Waals surface area contributed by atoms with E-state index in [9.17, 15) is 4.79 Å². The van der Waals surface area contributed by atoms with Crippen LogP contribution < -0.4 is 15.8 Å². The molecule has 2 aliphatic rings. The molecule has 5 rings (SSSR count). The van der Waals surface area contributed by atoms with Crippen LogP contribution in [0.4, 0.5) is 5.69 Å². The topological polar surface area (TPSA) is 67.6 Å². The van der Waals surface area contributed by atoms with Gasteiger partial charge in [-0.1, -0.05) is 30.3 Å². The molecule has 0 spiro atoms. The molecule has 1 atom stereocenters. The van der Waals surface area contributed by atoms with Crippen LogP contribution in [-0.2, 0) is 5.54 Å². The van der Waals surface area contributed by atoms with E-state index in [1.54, 1.807) is 0 Å². The van der Waals surface area contributed by atoms with E-state index in [4.69, 9.17) is 10.5 Å². The standard InChI is InChI=1S/C26H29N3O2/c1-17-6-9-21(31-16-20-10-13-29(20)2)15-22(17)25(30)28-26(11-12-26)24-5-3-4-18-7-8-19(27)14-23(18)24/h3-9,14-15,20H,10-13,16,27H2,1-2H3,(H,28,30). The lowest BCUT2D eigenvalue weighted by Crippen LogP contribution is -2.48. The first-order chi connectivity index (χ1) is 14.9. The molecule has 1 saturated carbocycles. The molecule has 5 nitrogen and oxygen atoms in total. The quantitative estimate of drug-likeness (QED) is 0.591. The number of aryl methyl sites for hydroxylation is 1. The van der Waals surface area contributed by atoms with Gasteiger partial charge in [0, 0.05) is 17.3 Å². The van der Waals surface area contributed by atoms with Crippen molar-refractivity contribution in [2.45, 2.75) is 37.8 Å². The summed E-state index contributed by atoms with van der Waals surface area (Å²) in [6.45, 7) is 3.75. The highest BCUT2D eigenvalue weighted by Gasteiger charge is 2.46. The van der Waals surface area contributed by atoms with E-state index in [0.717, 1.165) is 59.1 Å². The Morgan fingerprint density at radius 1 is 1.19 bits per heavy atom. The molecular formula is C26H29N3O2. The highest BCUT2D eigenvalue weighted by molar-refractivity contribution is 5.98. The summed E-state index contributed by atoms with van der Waals surface area (Å²) in [5.41, 5.74) is 9.22. The number of fused-ring (bicyclic) bond motifs is 1. The molecule has 31 heavy (non-hydrogen) atoms. The molecule has 1 amide bonds. The summed E-state index contributed by atoms with van der Waals surface area (Å²) in [7, 11) is 2.11. The van der Waals surface area contributed by atoms with Crippen molar-refractivity contribution < 1.29 is 9.53 Å². The molecule has 1 aliphatic carbocycles. The zero-order valence-electron chi connectivity index (χ0n) is 18.2. The average Bonchev–Trinajstić information content (AvgIpc) is 3.53. The zero-order chi connectivity index (χ0) is 21.6. The summed E-state index contributed by atoms with van der Waals surface area (Å²) >= 11 is 0. The van der Waals surface area contributed by atoms with E-state index < -0.39 is 0 Å². The number of rotatable bonds is 6. The average molecular weight is 416 g/mol. The van der Waals surface area contributed by atoms with E-state index in [1.165, 1.54) is 0 Å². The molecule has 0 bridgehead atoms. The second kappa shape index (κ2) is 7.57. The predicted molar refractivity (Wildman–Crippen MR) is 124 cm³/mol. The normalized spacial score (nSPS) is 19.6. The Kier molecular flexibility index (Phi) is 4.86. The van der Waals surface area contributed by atoms with Gasteiger partial charge in [-0.25, -0.2) is 0 Å². The number of amides is 1. The third kappa shape index (κ3) is 3.74. The first-order valence-corrected chi connectivity index (χ1v) is 11.0. The molecule has 0 aromatic heterocycles. The third-order valence-corrected chi connectivity index (χ3v) is 6.86. The third-order valence-electron chi connectivity index (χ3n) is 6.86. The first kappa shape index (κ1) is 19.9. The minimum absolute atomic E-state index is 0.0536. The molecular weight excluding hydrogens is 386 g/mol. The number of carbonyl (C=O) groups is 1. The van der Waals surface area contributed by atoms with Crippen LogP contribution in [0.5, 0.6) is 5.75 Å². The maximum absolute atomic E-state index is 13.3. The molecule has 3 N–H and O–H groups in total. The predicted octanol–water partition coefficient (Wildman–Crippen LogP) is 4.23. The Morgan fingerprint density at radius 2 is 2.03 bits per heavy atom.